The van der Waals surface area contributed by atoms with Crippen molar-refractivity contribution in [1.82, 2.24) is 4.90 Å². The fraction of sp³-hybridized carbons (Fsp3) is 0.222. The molecule has 1 aliphatic heterocycles. The molecule has 0 spiro atoms. The van der Waals surface area contributed by atoms with Crippen molar-refractivity contribution < 1.29 is 9.53 Å². The molecular formula is C27H28N2O2. The normalized spacial score (nSPS) is 16.0. The summed E-state index contributed by atoms with van der Waals surface area (Å²) in [5, 5.41) is 0. The molecule has 1 fully saturated rings. The molecule has 4 nitrogen and oxygen atoms in total. The molecule has 4 rings (SSSR count). The Labute approximate surface area is 184 Å². The first-order valence-electron chi connectivity index (χ1n) is 10.5. The van der Waals surface area contributed by atoms with E-state index in [1.165, 1.54) is 11.1 Å². The number of hydrogen-bond acceptors (Lipinski definition) is 2. The quantitative estimate of drug-likeness (QED) is 0.510. The second-order valence-corrected chi connectivity index (χ2v) is 8.13. The highest BCUT2D eigenvalue weighted by Crippen LogP contribution is 2.33. The van der Waals surface area contributed by atoms with Crippen molar-refractivity contribution in [2.45, 2.75) is 26.4 Å². The molecule has 3 aromatic rings. The minimum Gasteiger partial charge on any atom is -0.497 e. The van der Waals surface area contributed by atoms with E-state index in [-0.39, 0.29) is 12.1 Å². The van der Waals surface area contributed by atoms with E-state index in [1.807, 2.05) is 64.4 Å². The fourth-order valence-electron chi connectivity index (χ4n) is 4.24. The molecule has 0 aromatic heterocycles. The zero-order valence-electron chi connectivity index (χ0n) is 18.3. The number of benzene rings is 3. The van der Waals surface area contributed by atoms with Gasteiger partial charge in [0.1, 0.15) is 5.75 Å². The third kappa shape index (κ3) is 4.33. The monoisotopic (exact) mass is 412 g/mol. The first kappa shape index (κ1) is 20.7. The SMILES string of the molecule is C=C(c1cc(C)cc(C)c1)C1CN(Cc2ccc(OC)cc2)C(=O)N1c1ccccc1. The Kier molecular flexibility index (Phi) is 5.81. The average molecular weight is 413 g/mol. The van der Waals surface area contributed by atoms with Crippen LogP contribution in [0.2, 0.25) is 0 Å². The van der Waals surface area contributed by atoms with Gasteiger partial charge in [-0.2, -0.15) is 0 Å². The molecule has 1 saturated heterocycles. The average Bonchev–Trinajstić information content (AvgIpc) is 3.09. The Morgan fingerprint density at radius 1 is 1.00 bits per heavy atom. The number of hydrogen-bond donors (Lipinski definition) is 0. The summed E-state index contributed by atoms with van der Waals surface area (Å²) in [4.78, 5) is 17.3. The molecule has 2 amide bonds. The highest BCUT2D eigenvalue weighted by Gasteiger charge is 2.39. The summed E-state index contributed by atoms with van der Waals surface area (Å²) < 4.78 is 5.25. The minimum atomic E-state index is -0.130. The topological polar surface area (TPSA) is 32.8 Å². The van der Waals surface area contributed by atoms with Gasteiger partial charge >= 0.3 is 6.03 Å². The molecule has 1 atom stereocenters. The summed E-state index contributed by atoms with van der Waals surface area (Å²) in [6.45, 7) is 9.74. The van der Waals surface area contributed by atoms with E-state index in [1.54, 1.807) is 7.11 Å². The maximum absolute atomic E-state index is 13.5. The molecule has 0 saturated carbocycles. The number of methoxy groups -OCH3 is 1. The molecule has 0 radical (unpaired) electrons. The molecule has 1 unspecified atom stereocenters. The molecule has 0 N–H and O–H groups in total. The zero-order valence-corrected chi connectivity index (χ0v) is 18.3. The van der Waals surface area contributed by atoms with Crippen LogP contribution in [0.4, 0.5) is 10.5 Å². The summed E-state index contributed by atoms with van der Waals surface area (Å²) in [6, 6.07) is 24.0. The standard InChI is InChI=1S/C27H28N2O2/c1-19-14-20(2)16-23(15-19)21(3)26-18-28(17-22-10-12-25(31-4)13-11-22)27(30)29(26)24-8-6-5-7-9-24/h5-16,26H,3,17-18H2,1-2,4H3. The van der Waals surface area contributed by atoms with E-state index in [2.05, 4.69) is 38.6 Å². The molecule has 3 aromatic carbocycles. The van der Waals surface area contributed by atoms with Crippen molar-refractivity contribution in [2.24, 2.45) is 0 Å². The van der Waals surface area contributed by atoms with Crippen LogP contribution in [0.25, 0.3) is 5.57 Å². The van der Waals surface area contributed by atoms with Crippen molar-refractivity contribution in [1.29, 1.82) is 0 Å². The summed E-state index contributed by atoms with van der Waals surface area (Å²) >= 11 is 0. The third-order valence-electron chi connectivity index (χ3n) is 5.74. The van der Waals surface area contributed by atoms with Crippen LogP contribution in [0.1, 0.15) is 22.3 Å². The van der Waals surface area contributed by atoms with E-state index in [0.717, 1.165) is 28.1 Å². The summed E-state index contributed by atoms with van der Waals surface area (Å²) in [7, 11) is 1.65. The van der Waals surface area contributed by atoms with Gasteiger partial charge in [-0.3, -0.25) is 4.90 Å². The summed E-state index contributed by atoms with van der Waals surface area (Å²) in [5.41, 5.74) is 6.40. The number of carbonyl (C=O) groups excluding carboxylic acids is 1. The molecule has 4 heteroatoms. The number of anilines is 1. The zero-order chi connectivity index (χ0) is 22.0. The van der Waals surface area contributed by atoms with Crippen molar-refractivity contribution in [3.05, 3.63) is 102 Å². The van der Waals surface area contributed by atoms with Gasteiger partial charge in [-0.1, -0.05) is 66.2 Å². The van der Waals surface area contributed by atoms with E-state index < -0.39 is 0 Å². The number of nitrogens with zero attached hydrogens (tertiary/aromatic N) is 2. The van der Waals surface area contributed by atoms with Gasteiger partial charge in [-0.05, 0) is 54.8 Å². The van der Waals surface area contributed by atoms with Crippen LogP contribution < -0.4 is 9.64 Å². The van der Waals surface area contributed by atoms with Crippen molar-refractivity contribution in [2.75, 3.05) is 18.6 Å². The van der Waals surface area contributed by atoms with Gasteiger partial charge in [0.15, 0.2) is 0 Å². The number of carbonyl (C=O) groups is 1. The summed E-state index contributed by atoms with van der Waals surface area (Å²) in [5.74, 6) is 0.809. The van der Waals surface area contributed by atoms with Crippen LogP contribution in [0.15, 0.2) is 79.4 Å². The van der Waals surface area contributed by atoms with Crippen LogP contribution >= 0.6 is 0 Å². The first-order chi connectivity index (χ1) is 15.0. The second kappa shape index (κ2) is 8.68. The first-order valence-corrected chi connectivity index (χ1v) is 10.5. The van der Waals surface area contributed by atoms with Gasteiger partial charge < -0.3 is 9.64 Å². The highest BCUT2D eigenvalue weighted by atomic mass is 16.5. The largest absolute Gasteiger partial charge is 0.497 e. The Balaban J connectivity index is 1.66. The third-order valence-corrected chi connectivity index (χ3v) is 5.74. The lowest BCUT2D eigenvalue weighted by atomic mass is 9.96. The molecule has 0 aliphatic carbocycles. The molecule has 1 aliphatic rings. The second-order valence-electron chi connectivity index (χ2n) is 8.13. The van der Waals surface area contributed by atoms with E-state index in [9.17, 15) is 4.79 Å². The number of aryl methyl sites for hydroxylation is 2. The Bertz CT molecular complexity index is 1070. The molecule has 158 valence electrons. The van der Waals surface area contributed by atoms with Crippen LogP contribution in [0.3, 0.4) is 0 Å². The number of amides is 2. The molecule has 1 heterocycles. The summed E-state index contributed by atoms with van der Waals surface area (Å²) in [6.07, 6.45) is 0. The van der Waals surface area contributed by atoms with Gasteiger partial charge in [0.2, 0.25) is 0 Å². The van der Waals surface area contributed by atoms with Gasteiger partial charge in [-0.25, -0.2) is 4.79 Å². The van der Waals surface area contributed by atoms with Crippen molar-refractivity contribution in [3.63, 3.8) is 0 Å². The Morgan fingerprint density at radius 3 is 2.26 bits per heavy atom. The maximum atomic E-state index is 13.5. The Hall–Kier alpha value is -3.53. The molecule has 31 heavy (non-hydrogen) atoms. The van der Waals surface area contributed by atoms with E-state index in [4.69, 9.17) is 4.74 Å². The number of rotatable bonds is 6. The lowest BCUT2D eigenvalue weighted by Gasteiger charge is -2.25. The predicted molar refractivity (Wildman–Crippen MR) is 126 cm³/mol. The van der Waals surface area contributed by atoms with Gasteiger partial charge in [0.05, 0.1) is 13.2 Å². The lowest BCUT2D eigenvalue weighted by molar-refractivity contribution is 0.218. The fourth-order valence-corrected chi connectivity index (χ4v) is 4.24. The van der Waals surface area contributed by atoms with Crippen LogP contribution in [-0.4, -0.2) is 30.6 Å². The highest BCUT2D eigenvalue weighted by molar-refractivity contribution is 5.98. The van der Waals surface area contributed by atoms with Gasteiger partial charge in [-0.15, -0.1) is 0 Å². The predicted octanol–water partition coefficient (Wildman–Crippen LogP) is 5.84. The van der Waals surface area contributed by atoms with Crippen molar-refractivity contribution in [3.8, 4) is 5.75 Å². The molecular weight excluding hydrogens is 384 g/mol. The number of ether oxygens (including phenoxy) is 1. The van der Waals surface area contributed by atoms with Gasteiger partial charge in [0.25, 0.3) is 0 Å². The van der Waals surface area contributed by atoms with Crippen molar-refractivity contribution >= 4 is 17.3 Å². The van der Waals surface area contributed by atoms with E-state index >= 15 is 0 Å². The maximum Gasteiger partial charge on any atom is 0.325 e. The van der Waals surface area contributed by atoms with E-state index in [0.29, 0.717) is 13.1 Å². The molecule has 0 bridgehead atoms. The van der Waals surface area contributed by atoms with Crippen LogP contribution in [0, 0.1) is 13.8 Å². The number of urea groups is 1. The van der Waals surface area contributed by atoms with Crippen LogP contribution in [-0.2, 0) is 6.54 Å². The Morgan fingerprint density at radius 2 is 1.65 bits per heavy atom. The number of para-hydroxylation sites is 1. The smallest absolute Gasteiger partial charge is 0.325 e. The lowest BCUT2D eigenvalue weighted by Crippen LogP contribution is -2.35. The minimum absolute atomic E-state index is 0.00227. The van der Waals surface area contributed by atoms with Gasteiger partial charge in [0, 0.05) is 18.8 Å². The van der Waals surface area contributed by atoms with Crippen LogP contribution in [0.5, 0.6) is 5.75 Å².